The number of carbonyl (C=O) groups excluding carboxylic acids is 2. The highest BCUT2D eigenvalue weighted by atomic mass is 16.5. The zero-order valence-electron chi connectivity index (χ0n) is 13.3. The minimum absolute atomic E-state index is 0.122. The third-order valence-electron chi connectivity index (χ3n) is 4.81. The first-order chi connectivity index (χ1) is 10.1. The molecule has 0 radical (unpaired) electrons. The highest BCUT2D eigenvalue weighted by molar-refractivity contribution is 5.78. The van der Waals surface area contributed by atoms with Gasteiger partial charge < -0.3 is 15.0 Å². The van der Waals surface area contributed by atoms with E-state index in [0.29, 0.717) is 19.5 Å². The standard InChI is InChI=1S/C16H28N2O3/c1-3-15(19)18-10-13(16(20)21-2)8-14(11-18)17-9-12-6-4-5-7-12/h12-14,17H,3-11H2,1-2H3. The molecule has 1 aliphatic heterocycles. The van der Waals surface area contributed by atoms with Gasteiger partial charge in [0.05, 0.1) is 13.0 Å². The van der Waals surface area contributed by atoms with E-state index in [0.717, 1.165) is 18.9 Å². The van der Waals surface area contributed by atoms with Crippen molar-refractivity contribution in [3.8, 4) is 0 Å². The van der Waals surface area contributed by atoms with Crippen LogP contribution in [0.5, 0.6) is 0 Å². The molecule has 2 aliphatic rings. The molecule has 0 spiro atoms. The van der Waals surface area contributed by atoms with Crippen molar-refractivity contribution in [2.24, 2.45) is 11.8 Å². The average molecular weight is 296 g/mol. The van der Waals surface area contributed by atoms with Crippen LogP contribution in [0.1, 0.15) is 45.4 Å². The molecule has 5 nitrogen and oxygen atoms in total. The fourth-order valence-corrected chi connectivity index (χ4v) is 3.56. The molecule has 5 heteroatoms. The van der Waals surface area contributed by atoms with E-state index < -0.39 is 0 Å². The van der Waals surface area contributed by atoms with Crippen LogP contribution in [-0.4, -0.2) is 49.6 Å². The fourth-order valence-electron chi connectivity index (χ4n) is 3.56. The normalized spacial score (nSPS) is 26.9. The first kappa shape index (κ1) is 16.3. The zero-order chi connectivity index (χ0) is 15.2. The Morgan fingerprint density at radius 1 is 1.24 bits per heavy atom. The van der Waals surface area contributed by atoms with Gasteiger partial charge in [-0.05, 0) is 31.7 Å². The average Bonchev–Trinajstić information content (AvgIpc) is 3.04. The minimum Gasteiger partial charge on any atom is -0.469 e. The summed E-state index contributed by atoms with van der Waals surface area (Å²) in [6.07, 6.45) is 6.54. The summed E-state index contributed by atoms with van der Waals surface area (Å²) in [7, 11) is 1.42. The summed E-state index contributed by atoms with van der Waals surface area (Å²) in [5, 5.41) is 3.58. The van der Waals surface area contributed by atoms with Gasteiger partial charge in [-0.25, -0.2) is 0 Å². The highest BCUT2D eigenvalue weighted by Gasteiger charge is 2.34. The van der Waals surface area contributed by atoms with Crippen molar-refractivity contribution in [2.45, 2.75) is 51.5 Å². The summed E-state index contributed by atoms with van der Waals surface area (Å²) in [4.78, 5) is 25.6. The van der Waals surface area contributed by atoms with Crippen molar-refractivity contribution in [1.29, 1.82) is 0 Å². The molecular weight excluding hydrogens is 268 g/mol. The lowest BCUT2D eigenvalue weighted by Crippen LogP contribution is -2.53. The summed E-state index contributed by atoms with van der Waals surface area (Å²) >= 11 is 0. The molecule has 1 N–H and O–H groups in total. The van der Waals surface area contributed by atoms with E-state index in [9.17, 15) is 9.59 Å². The molecule has 0 bridgehead atoms. The molecule has 1 saturated heterocycles. The molecular formula is C16H28N2O3. The van der Waals surface area contributed by atoms with Gasteiger partial charge in [0.15, 0.2) is 0 Å². The predicted molar refractivity (Wildman–Crippen MR) is 80.7 cm³/mol. The predicted octanol–water partition coefficient (Wildman–Crippen LogP) is 1.57. The van der Waals surface area contributed by atoms with Crippen LogP contribution in [0, 0.1) is 11.8 Å². The van der Waals surface area contributed by atoms with Gasteiger partial charge in [0.2, 0.25) is 5.91 Å². The number of likely N-dealkylation sites (tertiary alicyclic amines) is 1. The van der Waals surface area contributed by atoms with Gasteiger partial charge in [0.25, 0.3) is 0 Å². The van der Waals surface area contributed by atoms with Crippen molar-refractivity contribution in [3.63, 3.8) is 0 Å². The smallest absolute Gasteiger partial charge is 0.310 e. The first-order valence-electron chi connectivity index (χ1n) is 8.23. The summed E-state index contributed by atoms with van der Waals surface area (Å²) in [6, 6.07) is 0.207. The number of ether oxygens (including phenoxy) is 1. The monoisotopic (exact) mass is 296 g/mol. The highest BCUT2D eigenvalue weighted by Crippen LogP contribution is 2.25. The SMILES string of the molecule is CCC(=O)N1CC(NCC2CCCC2)CC(C(=O)OC)C1. The molecule has 1 heterocycles. The first-order valence-corrected chi connectivity index (χ1v) is 8.23. The molecule has 2 rings (SSSR count). The van der Waals surface area contributed by atoms with Crippen LogP contribution in [0.3, 0.4) is 0 Å². The summed E-state index contributed by atoms with van der Waals surface area (Å²) in [6.45, 7) is 4.09. The Morgan fingerprint density at radius 3 is 2.57 bits per heavy atom. The van der Waals surface area contributed by atoms with Gasteiger partial charge in [-0.15, -0.1) is 0 Å². The maximum absolute atomic E-state index is 12.0. The van der Waals surface area contributed by atoms with E-state index in [1.165, 1.54) is 32.8 Å². The third-order valence-corrected chi connectivity index (χ3v) is 4.81. The molecule has 21 heavy (non-hydrogen) atoms. The largest absolute Gasteiger partial charge is 0.469 e. The van der Waals surface area contributed by atoms with Gasteiger partial charge in [-0.3, -0.25) is 9.59 Å². The second kappa shape index (κ2) is 7.78. The number of rotatable bonds is 5. The van der Waals surface area contributed by atoms with E-state index in [1.807, 2.05) is 11.8 Å². The molecule has 2 atom stereocenters. The Morgan fingerprint density at radius 2 is 1.95 bits per heavy atom. The van der Waals surface area contributed by atoms with Crippen LogP contribution in [0.2, 0.25) is 0 Å². The molecule has 0 aromatic heterocycles. The molecule has 1 amide bonds. The Bertz CT molecular complexity index is 343. The number of amides is 1. The number of nitrogens with zero attached hydrogens (tertiary/aromatic N) is 1. The van der Waals surface area contributed by atoms with Crippen LogP contribution in [0.4, 0.5) is 0 Å². The maximum Gasteiger partial charge on any atom is 0.310 e. The van der Waals surface area contributed by atoms with Crippen molar-refractivity contribution in [1.82, 2.24) is 10.2 Å². The summed E-state index contributed by atoms with van der Waals surface area (Å²) in [5.41, 5.74) is 0. The van der Waals surface area contributed by atoms with Crippen LogP contribution in [-0.2, 0) is 14.3 Å². The number of methoxy groups -OCH3 is 1. The zero-order valence-corrected chi connectivity index (χ0v) is 13.3. The third kappa shape index (κ3) is 4.43. The number of carbonyl (C=O) groups is 2. The maximum atomic E-state index is 12.0. The molecule has 0 aromatic rings. The number of hydrogen-bond donors (Lipinski definition) is 1. The minimum atomic E-state index is -0.198. The van der Waals surface area contributed by atoms with Crippen molar-refractivity contribution < 1.29 is 14.3 Å². The van der Waals surface area contributed by atoms with E-state index >= 15 is 0 Å². The van der Waals surface area contributed by atoms with Crippen molar-refractivity contribution in [3.05, 3.63) is 0 Å². The van der Waals surface area contributed by atoms with Gasteiger partial charge >= 0.3 is 5.97 Å². The van der Waals surface area contributed by atoms with E-state index in [-0.39, 0.29) is 23.8 Å². The van der Waals surface area contributed by atoms with Crippen LogP contribution in [0.25, 0.3) is 0 Å². The van der Waals surface area contributed by atoms with Gasteiger partial charge in [-0.1, -0.05) is 19.8 Å². The Kier molecular flexibility index (Phi) is 6.03. The fraction of sp³-hybridized carbons (Fsp3) is 0.875. The van der Waals surface area contributed by atoms with E-state index in [4.69, 9.17) is 4.74 Å². The quantitative estimate of drug-likeness (QED) is 0.782. The Hall–Kier alpha value is -1.10. The topological polar surface area (TPSA) is 58.6 Å². The summed E-state index contributed by atoms with van der Waals surface area (Å²) < 4.78 is 4.87. The second-order valence-electron chi connectivity index (χ2n) is 6.36. The Balaban J connectivity index is 1.91. The van der Waals surface area contributed by atoms with Crippen molar-refractivity contribution in [2.75, 3.05) is 26.7 Å². The number of hydrogen-bond acceptors (Lipinski definition) is 4. The van der Waals surface area contributed by atoms with Crippen LogP contribution < -0.4 is 5.32 Å². The number of piperidine rings is 1. The lowest BCUT2D eigenvalue weighted by Gasteiger charge is -2.37. The molecule has 1 aliphatic carbocycles. The number of nitrogens with one attached hydrogen (secondary N) is 1. The molecule has 2 fully saturated rings. The number of esters is 1. The van der Waals surface area contributed by atoms with Crippen LogP contribution >= 0.6 is 0 Å². The molecule has 2 unspecified atom stereocenters. The van der Waals surface area contributed by atoms with Crippen LogP contribution in [0.15, 0.2) is 0 Å². The van der Waals surface area contributed by atoms with E-state index in [1.54, 1.807) is 0 Å². The second-order valence-corrected chi connectivity index (χ2v) is 6.36. The Labute approximate surface area is 127 Å². The van der Waals surface area contributed by atoms with E-state index in [2.05, 4.69) is 5.32 Å². The van der Waals surface area contributed by atoms with Gasteiger partial charge in [-0.2, -0.15) is 0 Å². The lowest BCUT2D eigenvalue weighted by molar-refractivity contribution is -0.149. The molecule has 0 aromatic carbocycles. The molecule has 1 saturated carbocycles. The summed E-state index contributed by atoms with van der Waals surface area (Å²) in [5.74, 6) is 0.492. The molecule has 120 valence electrons. The van der Waals surface area contributed by atoms with Crippen molar-refractivity contribution >= 4 is 11.9 Å². The lowest BCUT2D eigenvalue weighted by atomic mass is 9.93. The van der Waals surface area contributed by atoms with Gasteiger partial charge in [0, 0.05) is 25.6 Å². The van der Waals surface area contributed by atoms with Gasteiger partial charge in [0.1, 0.15) is 0 Å².